The van der Waals surface area contributed by atoms with Gasteiger partial charge in [0.25, 0.3) is 0 Å². The average Bonchev–Trinajstić information content (AvgIpc) is 2.71. The zero-order chi connectivity index (χ0) is 15.9. The zero-order valence-electron chi connectivity index (χ0n) is 9.63. The van der Waals surface area contributed by atoms with Crippen molar-refractivity contribution >= 4 is 5.97 Å². The molecule has 112 valence electrons. The minimum Gasteiger partial charge on any atom is -0.475 e. The Balaban J connectivity index is 2.70. The van der Waals surface area contributed by atoms with Gasteiger partial charge in [0.05, 0.1) is 0 Å². The summed E-state index contributed by atoms with van der Waals surface area (Å²) >= 11 is 0. The van der Waals surface area contributed by atoms with E-state index in [9.17, 15) is 31.1 Å². The lowest BCUT2D eigenvalue weighted by atomic mass is 10.2. The topological polar surface area (TPSA) is 63.3 Å². The highest BCUT2D eigenvalue weighted by Crippen LogP contribution is 2.35. The van der Waals surface area contributed by atoms with Gasteiger partial charge in [0.15, 0.2) is 5.69 Å². The summed E-state index contributed by atoms with van der Waals surface area (Å²) in [4.78, 5) is 13.4. The molecule has 0 saturated heterocycles. The molecule has 1 aromatic carbocycles. The predicted octanol–water partition coefficient (Wildman–Crippen LogP) is 3.48. The Hall–Kier alpha value is -2.52. The predicted molar refractivity (Wildman–Crippen MR) is 53.8 cm³/mol. The van der Waals surface area contributed by atoms with Crippen molar-refractivity contribution in [3.8, 4) is 11.5 Å². The Labute approximate surface area is 111 Å². The van der Waals surface area contributed by atoms with E-state index >= 15 is 0 Å². The van der Waals surface area contributed by atoms with E-state index in [-0.39, 0.29) is 12.1 Å². The molecule has 2 aromatic rings. The van der Waals surface area contributed by atoms with Crippen LogP contribution in [0, 0.1) is 17.5 Å². The van der Waals surface area contributed by atoms with Crippen LogP contribution in [0.3, 0.4) is 0 Å². The number of carbonyl (C=O) groups is 1. The number of benzene rings is 1. The monoisotopic (exact) mass is 311 g/mol. The van der Waals surface area contributed by atoms with Crippen molar-refractivity contribution in [2.75, 3.05) is 0 Å². The Morgan fingerprint density at radius 2 is 1.67 bits per heavy atom. The molecule has 2 rings (SSSR count). The molecule has 0 atom stereocenters. The summed E-state index contributed by atoms with van der Waals surface area (Å²) in [6.07, 6.45) is -5.21. The zero-order valence-corrected chi connectivity index (χ0v) is 9.63. The number of halogens is 6. The van der Waals surface area contributed by atoms with Crippen LogP contribution in [0.5, 0.6) is 0 Å². The van der Waals surface area contributed by atoms with E-state index < -0.39 is 52.5 Å². The van der Waals surface area contributed by atoms with Crippen molar-refractivity contribution in [1.82, 2.24) is 4.98 Å². The first-order valence-corrected chi connectivity index (χ1v) is 5.07. The normalized spacial score (nSPS) is 11.7. The van der Waals surface area contributed by atoms with Crippen molar-refractivity contribution in [2.45, 2.75) is 6.18 Å². The third kappa shape index (κ3) is 2.69. The summed E-state index contributed by atoms with van der Waals surface area (Å²) in [6.45, 7) is 0. The standard InChI is InChI=1S/C11H3F6NO3/c12-3-1-4(13)6(5(14)2-3)9-18-8(11(15,16)17)7(21-9)10(19)20/h1-2H,(H,19,20). The fraction of sp³-hybridized carbons (Fsp3) is 0.0909. The summed E-state index contributed by atoms with van der Waals surface area (Å²) in [6, 6.07) is 0.382. The van der Waals surface area contributed by atoms with E-state index in [0.717, 1.165) is 0 Å². The molecule has 0 aliphatic carbocycles. The molecule has 1 heterocycles. The molecule has 0 fully saturated rings. The molecule has 1 N–H and O–H groups in total. The third-order valence-electron chi connectivity index (χ3n) is 2.31. The van der Waals surface area contributed by atoms with Gasteiger partial charge in [-0.1, -0.05) is 0 Å². The largest absolute Gasteiger partial charge is 0.475 e. The first kappa shape index (κ1) is 14.9. The first-order valence-electron chi connectivity index (χ1n) is 5.07. The quantitative estimate of drug-likeness (QED) is 0.863. The van der Waals surface area contributed by atoms with E-state index in [2.05, 4.69) is 9.40 Å². The van der Waals surface area contributed by atoms with Crippen LogP contribution >= 0.6 is 0 Å². The van der Waals surface area contributed by atoms with Crippen molar-refractivity contribution in [2.24, 2.45) is 0 Å². The molecule has 1 aromatic heterocycles. The maximum atomic E-state index is 13.4. The molecule has 4 nitrogen and oxygen atoms in total. The third-order valence-corrected chi connectivity index (χ3v) is 2.31. The molecule has 0 radical (unpaired) electrons. The Bertz CT molecular complexity index is 698. The van der Waals surface area contributed by atoms with E-state index in [0.29, 0.717) is 0 Å². The lowest BCUT2D eigenvalue weighted by Crippen LogP contribution is -2.11. The second kappa shape index (κ2) is 4.79. The van der Waals surface area contributed by atoms with Crippen LogP contribution in [0.15, 0.2) is 16.5 Å². The molecular formula is C11H3F6NO3. The van der Waals surface area contributed by atoms with E-state index in [1.54, 1.807) is 0 Å². The Kier molecular flexibility index (Phi) is 3.39. The number of aromatic nitrogens is 1. The van der Waals surface area contributed by atoms with Crippen LogP contribution < -0.4 is 0 Å². The second-order valence-electron chi connectivity index (χ2n) is 3.74. The van der Waals surface area contributed by atoms with Gasteiger partial charge in [0.2, 0.25) is 11.7 Å². The number of carboxylic acids is 1. The van der Waals surface area contributed by atoms with Crippen LogP contribution in [0.4, 0.5) is 26.3 Å². The van der Waals surface area contributed by atoms with Gasteiger partial charge in [-0.3, -0.25) is 0 Å². The fourth-order valence-electron chi connectivity index (χ4n) is 1.51. The first-order chi connectivity index (χ1) is 9.61. The number of hydrogen-bond donors (Lipinski definition) is 1. The molecule has 0 aliphatic heterocycles. The number of nitrogens with zero attached hydrogens (tertiary/aromatic N) is 1. The molecule has 0 bridgehead atoms. The second-order valence-corrected chi connectivity index (χ2v) is 3.74. The van der Waals surface area contributed by atoms with Gasteiger partial charge in [-0.15, -0.1) is 0 Å². The van der Waals surface area contributed by atoms with Crippen LogP contribution in [-0.4, -0.2) is 16.1 Å². The van der Waals surface area contributed by atoms with Gasteiger partial charge < -0.3 is 9.52 Å². The van der Waals surface area contributed by atoms with Crippen LogP contribution in [0.25, 0.3) is 11.5 Å². The summed E-state index contributed by atoms with van der Waals surface area (Å²) in [5.74, 6) is -9.48. The number of oxazole rings is 1. The maximum Gasteiger partial charge on any atom is 0.437 e. The molecule has 0 spiro atoms. The van der Waals surface area contributed by atoms with Crippen molar-refractivity contribution in [3.63, 3.8) is 0 Å². The summed E-state index contributed by atoms with van der Waals surface area (Å²) in [5, 5.41) is 8.59. The number of carboxylic acid groups (broad SMARTS) is 1. The lowest BCUT2D eigenvalue weighted by Gasteiger charge is -2.01. The lowest BCUT2D eigenvalue weighted by molar-refractivity contribution is -0.141. The van der Waals surface area contributed by atoms with E-state index in [4.69, 9.17) is 5.11 Å². The Morgan fingerprint density at radius 3 is 2.05 bits per heavy atom. The van der Waals surface area contributed by atoms with Gasteiger partial charge in [-0.05, 0) is 0 Å². The molecule has 0 saturated carbocycles. The smallest absolute Gasteiger partial charge is 0.437 e. The number of hydrogen-bond acceptors (Lipinski definition) is 3. The van der Waals surface area contributed by atoms with Crippen molar-refractivity contribution in [3.05, 3.63) is 41.0 Å². The molecule has 10 heteroatoms. The fourth-order valence-corrected chi connectivity index (χ4v) is 1.51. The van der Waals surface area contributed by atoms with Gasteiger partial charge in [0.1, 0.15) is 23.0 Å². The highest BCUT2D eigenvalue weighted by atomic mass is 19.4. The van der Waals surface area contributed by atoms with Gasteiger partial charge in [0, 0.05) is 12.1 Å². The number of rotatable bonds is 2. The van der Waals surface area contributed by atoms with Crippen LogP contribution in [0.2, 0.25) is 0 Å². The van der Waals surface area contributed by atoms with E-state index in [1.165, 1.54) is 0 Å². The summed E-state index contributed by atoms with van der Waals surface area (Å²) in [5.41, 5.74) is -3.15. The number of alkyl halides is 3. The SMILES string of the molecule is O=C(O)c1oc(-c2c(F)cc(F)cc2F)nc1C(F)(F)F. The minimum atomic E-state index is -5.21. The summed E-state index contributed by atoms with van der Waals surface area (Å²) in [7, 11) is 0. The maximum absolute atomic E-state index is 13.4. The van der Waals surface area contributed by atoms with Crippen LogP contribution in [0.1, 0.15) is 16.2 Å². The Morgan fingerprint density at radius 1 is 1.14 bits per heavy atom. The number of aromatic carboxylic acids is 1. The molecule has 0 aliphatic rings. The van der Waals surface area contributed by atoms with E-state index in [1.807, 2.05) is 0 Å². The van der Waals surface area contributed by atoms with Gasteiger partial charge in [-0.25, -0.2) is 22.9 Å². The van der Waals surface area contributed by atoms with Crippen LogP contribution in [-0.2, 0) is 6.18 Å². The molecule has 0 amide bonds. The molecule has 21 heavy (non-hydrogen) atoms. The average molecular weight is 311 g/mol. The highest BCUT2D eigenvalue weighted by molar-refractivity contribution is 5.86. The highest BCUT2D eigenvalue weighted by Gasteiger charge is 2.42. The minimum absolute atomic E-state index is 0.191. The van der Waals surface area contributed by atoms with Crippen molar-refractivity contribution < 1.29 is 40.7 Å². The molecular weight excluding hydrogens is 308 g/mol. The molecule has 0 unspecified atom stereocenters. The van der Waals surface area contributed by atoms with Crippen molar-refractivity contribution in [1.29, 1.82) is 0 Å². The van der Waals surface area contributed by atoms with Gasteiger partial charge >= 0.3 is 12.1 Å². The summed E-state index contributed by atoms with van der Waals surface area (Å²) < 4.78 is 81.5. The van der Waals surface area contributed by atoms with Gasteiger partial charge in [-0.2, -0.15) is 13.2 Å².